The van der Waals surface area contributed by atoms with Crippen LogP contribution in [0.3, 0.4) is 0 Å². The Morgan fingerprint density at radius 3 is 1.46 bits per heavy atom. The number of carbonyl (C=O) groups excluding carboxylic acids is 3. The third-order valence-electron chi connectivity index (χ3n) is 6.42. The molecule has 0 aromatic heterocycles. The highest BCUT2D eigenvalue weighted by molar-refractivity contribution is 5.85. The van der Waals surface area contributed by atoms with Gasteiger partial charge in [-0.3, -0.25) is 14.4 Å². The maximum absolute atomic E-state index is 12.0. The van der Waals surface area contributed by atoms with Crippen LogP contribution in [0.2, 0.25) is 0 Å². The summed E-state index contributed by atoms with van der Waals surface area (Å²) in [7, 11) is 0. The lowest BCUT2D eigenvalue weighted by molar-refractivity contribution is -0.159. The summed E-state index contributed by atoms with van der Waals surface area (Å²) < 4.78 is 10.1. The highest BCUT2D eigenvalue weighted by Crippen LogP contribution is 2.12. The summed E-state index contributed by atoms with van der Waals surface area (Å²) in [6, 6.07) is -0.863. The van der Waals surface area contributed by atoms with E-state index in [0.717, 1.165) is 38.5 Å². The maximum atomic E-state index is 12.0. The van der Waals surface area contributed by atoms with Gasteiger partial charge in [0.25, 0.3) is 0 Å². The number of hydrogen-bond acceptors (Lipinski definition) is 6. The van der Waals surface area contributed by atoms with Gasteiger partial charge < -0.3 is 15.2 Å². The lowest BCUT2D eigenvalue weighted by Crippen LogP contribution is -2.33. The zero-order valence-electron chi connectivity index (χ0n) is 23.0. The fraction of sp³-hybridized carbons (Fsp3) is 0.897. The van der Waals surface area contributed by atoms with E-state index in [2.05, 4.69) is 13.8 Å². The van der Waals surface area contributed by atoms with E-state index in [1.54, 1.807) is 0 Å². The average molecular weight is 498 g/mol. The number of esters is 3. The first kappa shape index (κ1) is 33.6. The summed E-state index contributed by atoms with van der Waals surface area (Å²) in [4.78, 5) is 35.6. The Morgan fingerprint density at radius 2 is 0.971 bits per heavy atom. The molecule has 0 fully saturated rings. The SMILES string of the molecule is CCCCCCCCCCCCOC(=O)C(N)CCC(=O)OC(=O)CCCCCCCCCCC. The molecule has 6 nitrogen and oxygen atoms in total. The minimum absolute atomic E-state index is 0.0575. The quantitative estimate of drug-likeness (QED) is 0.0794. The number of carbonyl (C=O) groups is 3. The molecule has 0 heterocycles. The van der Waals surface area contributed by atoms with E-state index in [1.165, 1.54) is 83.5 Å². The molecule has 0 aliphatic heterocycles. The zero-order valence-corrected chi connectivity index (χ0v) is 23.0. The van der Waals surface area contributed by atoms with Crippen LogP contribution in [0.25, 0.3) is 0 Å². The van der Waals surface area contributed by atoms with Gasteiger partial charge in [0.15, 0.2) is 0 Å². The van der Waals surface area contributed by atoms with Crippen LogP contribution in [-0.2, 0) is 23.9 Å². The van der Waals surface area contributed by atoms with Crippen molar-refractivity contribution in [2.24, 2.45) is 5.73 Å². The van der Waals surface area contributed by atoms with Gasteiger partial charge >= 0.3 is 17.9 Å². The molecule has 0 aliphatic carbocycles. The summed E-state index contributed by atoms with van der Waals surface area (Å²) >= 11 is 0. The van der Waals surface area contributed by atoms with Gasteiger partial charge in [0, 0.05) is 12.8 Å². The van der Waals surface area contributed by atoms with Crippen molar-refractivity contribution in [3.05, 3.63) is 0 Å². The Balaban J connectivity index is 3.59. The fourth-order valence-corrected chi connectivity index (χ4v) is 4.07. The topological polar surface area (TPSA) is 95.7 Å². The third-order valence-corrected chi connectivity index (χ3v) is 6.42. The van der Waals surface area contributed by atoms with Crippen LogP contribution in [0.15, 0.2) is 0 Å². The van der Waals surface area contributed by atoms with Crippen molar-refractivity contribution in [3.8, 4) is 0 Å². The molecule has 2 N–H and O–H groups in total. The van der Waals surface area contributed by atoms with E-state index in [1.807, 2.05) is 0 Å². The molecule has 6 heteroatoms. The normalized spacial score (nSPS) is 11.9. The molecule has 1 atom stereocenters. The van der Waals surface area contributed by atoms with Crippen LogP contribution in [0.4, 0.5) is 0 Å². The Labute approximate surface area is 215 Å². The van der Waals surface area contributed by atoms with Crippen molar-refractivity contribution in [1.82, 2.24) is 0 Å². The first-order valence-electron chi connectivity index (χ1n) is 14.7. The molecule has 0 saturated carbocycles. The lowest BCUT2D eigenvalue weighted by Gasteiger charge is -2.11. The van der Waals surface area contributed by atoms with Crippen molar-refractivity contribution in [1.29, 1.82) is 0 Å². The first-order valence-corrected chi connectivity index (χ1v) is 14.7. The van der Waals surface area contributed by atoms with Gasteiger partial charge in [-0.2, -0.15) is 0 Å². The number of rotatable bonds is 25. The molecule has 0 rings (SSSR count). The predicted molar refractivity (Wildman–Crippen MR) is 143 cm³/mol. The van der Waals surface area contributed by atoms with Crippen LogP contribution < -0.4 is 5.73 Å². The van der Waals surface area contributed by atoms with Crippen LogP contribution in [-0.4, -0.2) is 30.6 Å². The van der Waals surface area contributed by atoms with Gasteiger partial charge in [-0.25, -0.2) is 0 Å². The summed E-state index contributed by atoms with van der Waals surface area (Å²) in [6.07, 6.45) is 23.0. The van der Waals surface area contributed by atoms with E-state index in [0.29, 0.717) is 6.61 Å². The molecule has 0 radical (unpaired) electrons. The molecule has 206 valence electrons. The van der Waals surface area contributed by atoms with Crippen molar-refractivity contribution in [2.45, 2.75) is 161 Å². The Morgan fingerprint density at radius 1 is 0.571 bits per heavy atom. The predicted octanol–water partition coefficient (Wildman–Crippen LogP) is 7.55. The van der Waals surface area contributed by atoms with Crippen molar-refractivity contribution >= 4 is 17.9 Å². The summed E-state index contributed by atoms with van der Waals surface area (Å²) in [5.74, 6) is -1.60. The first-order chi connectivity index (χ1) is 17.0. The minimum Gasteiger partial charge on any atom is -0.465 e. The van der Waals surface area contributed by atoms with E-state index in [-0.39, 0.29) is 19.3 Å². The van der Waals surface area contributed by atoms with Gasteiger partial charge in [-0.15, -0.1) is 0 Å². The standard InChI is InChI=1S/C29H55NO5/c1-3-5-7-9-11-13-15-17-19-21-25-34-29(33)26(30)23-24-28(32)35-27(31)22-20-18-16-14-12-10-8-6-4-2/h26H,3-25,30H2,1-2H3. The monoisotopic (exact) mass is 497 g/mol. The molecule has 0 aliphatic rings. The van der Waals surface area contributed by atoms with Crippen LogP contribution in [0.5, 0.6) is 0 Å². The second-order valence-electron chi connectivity index (χ2n) is 9.92. The molecule has 1 unspecified atom stereocenters. The molecular formula is C29H55NO5. The fourth-order valence-electron chi connectivity index (χ4n) is 4.07. The van der Waals surface area contributed by atoms with Crippen molar-refractivity contribution < 1.29 is 23.9 Å². The van der Waals surface area contributed by atoms with Gasteiger partial charge in [-0.1, -0.05) is 123 Å². The molecular weight excluding hydrogens is 442 g/mol. The van der Waals surface area contributed by atoms with Crippen LogP contribution in [0.1, 0.15) is 155 Å². The third kappa shape index (κ3) is 24.1. The van der Waals surface area contributed by atoms with Gasteiger partial charge in [-0.05, 0) is 19.3 Å². The lowest BCUT2D eigenvalue weighted by atomic mass is 10.1. The molecule has 0 bridgehead atoms. The number of hydrogen-bond donors (Lipinski definition) is 1. The average Bonchev–Trinajstić information content (AvgIpc) is 2.84. The molecule has 0 spiro atoms. The van der Waals surface area contributed by atoms with Crippen LogP contribution >= 0.6 is 0 Å². The van der Waals surface area contributed by atoms with E-state index in [9.17, 15) is 14.4 Å². The molecule has 0 aromatic carbocycles. The molecule has 0 amide bonds. The Hall–Kier alpha value is -1.43. The van der Waals surface area contributed by atoms with E-state index >= 15 is 0 Å². The van der Waals surface area contributed by atoms with E-state index in [4.69, 9.17) is 15.2 Å². The Kier molecular flexibility index (Phi) is 24.6. The zero-order chi connectivity index (χ0) is 26.0. The smallest absolute Gasteiger partial charge is 0.322 e. The summed E-state index contributed by atoms with van der Waals surface area (Å²) in [5, 5.41) is 0. The second kappa shape index (κ2) is 25.7. The molecule has 0 aromatic rings. The second-order valence-corrected chi connectivity index (χ2v) is 9.92. The highest BCUT2D eigenvalue weighted by atomic mass is 16.6. The number of unbranched alkanes of at least 4 members (excludes halogenated alkanes) is 17. The largest absolute Gasteiger partial charge is 0.465 e. The number of nitrogens with two attached hydrogens (primary N) is 1. The van der Waals surface area contributed by atoms with Gasteiger partial charge in [0.1, 0.15) is 6.04 Å². The Bertz CT molecular complexity index is 523. The highest BCUT2D eigenvalue weighted by Gasteiger charge is 2.18. The van der Waals surface area contributed by atoms with Gasteiger partial charge in [0.2, 0.25) is 0 Å². The van der Waals surface area contributed by atoms with Crippen molar-refractivity contribution in [3.63, 3.8) is 0 Å². The molecule has 0 saturated heterocycles. The summed E-state index contributed by atoms with van der Waals surface area (Å²) in [6.45, 7) is 4.81. The van der Waals surface area contributed by atoms with Crippen molar-refractivity contribution in [2.75, 3.05) is 6.61 Å². The molecule has 35 heavy (non-hydrogen) atoms. The van der Waals surface area contributed by atoms with Gasteiger partial charge in [0.05, 0.1) is 6.61 Å². The maximum Gasteiger partial charge on any atom is 0.322 e. The number of ether oxygens (including phenoxy) is 2. The minimum atomic E-state index is -0.863. The van der Waals surface area contributed by atoms with Crippen LogP contribution in [0, 0.1) is 0 Å². The van der Waals surface area contributed by atoms with E-state index < -0.39 is 23.9 Å². The summed E-state index contributed by atoms with van der Waals surface area (Å²) in [5.41, 5.74) is 5.82.